The molecular formula is C7H14O. The van der Waals surface area contributed by atoms with Gasteiger partial charge in [0.1, 0.15) is 0 Å². The van der Waals surface area contributed by atoms with Crippen LogP contribution in [0.1, 0.15) is 20.8 Å². The number of allylic oxidation sites excluding steroid dienone is 1. The van der Waals surface area contributed by atoms with Crippen LogP contribution < -0.4 is 0 Å². The zero-order valence-corrected chi connectivity index (χ0v) is 5.81. The fraction of sp³-hybridized carbons (Fsp3) is 0.714. The summed E-state index contributed by atoms with van der Waals surface area (Å²) in [5.41, 5.74) is -0.0330. The summed E-state index contributed by atoms with van der Waals surface area (Å²) in [7, 11) is 0. The minimum atomic E-state index is -0.0330. The van der Waals surface area contributed by atoms with Gasteiger partial charge >= 0.3 is 0 Å². The van der Waals surface area contributed by atoms with Gasteiger partial charge in [-0.15, -0.1) is 0 Å². The molecular weight excluding hydrogens is 100 g/mol. The maximum atomic E-state index is 8.67. The Balaban J connectivity index is 3.71. The quantitative estimate of drug-likeness (QED) is 0.540. The first-order chi connectivity index (χ1) is 3.62. The summed E-state index contributed by atoms with van der Waals surface area (Å²) in [6, 6.07) is 0. The average molecular weight is 114 g/mol. The lowest BCUT2D eigenvalue weighted by molar-refractivity contribution is 0.199. The van der Waals surface area contributed by atoms with Gasteiger partial charge in [0, 0.05) is 5.41 Å². The summed E-state index contributed by atoms with van der Waals surface area (Å²) in [5.74, 6) is 0. The van der Waals surface area contributed by atoms with Gasteiger partial charge in [-0.05, 0) is 6.92 Å². The van der Waals surface area contributed by atoms with Crippen molar-refractivity contribution in [2.45, 2.75) is 20.8 Å². The molecule has 1 N–H and O–H groups in total. The van der Waals surface area contributed by atoms with Gasteiger partial charge in [-0.3, -0.25) is 0 Å². The van der Waals surface area contributed by atoms with Crippen LogP contribution in [0.15, 0.2) is 12.2 Å². The van der Waals surface area contributed by atoms with Gasteiger partial charge in [-0.25, -0.2) is 0 Å². The van der Waals surface area contributed by atoms with Gasteiger partial charge in [-0.1, -0.05) is 26.0 Å². The molecule has 0 spiro atoms. The van der Waals surface area contributed by atoms with Crippen LogP contribution in [0.25, 0.3) is 0 Å². The first-order valence-corrected chi connectivity index (χ1v) is 2.87. The average Bonchev–Trinajstić information content (AvgIpc) is 1.67. The van der Waals surface area contributed by atoms with Gasteiger partial charge in [0.2, 0.25) is 0 Å². The van der Waals surface area contributed by atoms with Gasteiger partial charge in [0.25, 0.3) is 0 Å². The van der Waals surface area contributed by atoms with Crippen LogP contribution in [0.2, 0.25) is 0 Å². The zero-order chi connectivity index (χ0) is 6.62. The lowest BCUT2D eigenvalue weighted by Crippen LogP contribution is -2.12. The van der Waals surface area contributed by atoms with Crippen molar-refractivity contribution in [2.24, 2.45) is 5.41 Å². The molecule has 0 saturated carbocycles. The second kappa shape index (κ2) is 2.88. The molecule has 0 aliphatic carbocycles. The van der Waals surface area contributed by atoms with E-state index in [4.69, 9.17) is 5.11 Å². The Bertz CT molecular complexity index is 82.4. The van der Waals surface area contributed by atoms with E-state index in [0.29, 0.717) is 0 Å². The molecule has 1 nitrogen and oxygen atoms in total. The third-order valence-electron chi connectivity index (χ3n) is 1.03. The molecule has 0 aromatic heterocycles. The second-order valence-electron chi connectivity index (χ2n) is 2.65. The molecule has 0 heterocycles. The van der Waals surface area contributed by atoms with E-state index < -0.39 is 0 Å². The van der Waals surface area contributed by atoms with Crippen molar-refractivity contribution in [2.75, 3.05) is 6.61 Å². The van der Waals surface area contributed by atoms with Crippen LogP contribution in [0.4, 0.5) is 0 Å². The number of hydrogen-bond acceptors (Lipinski definition) is 1. The van der Waals surface area contributed by atoms with Gasteiger partial charge in [0.15, 0.2) is 0 Å². The Morgan fingerprint density at radius 2 is 2.00 bits per heavy atom. The first kappa shape index (κ1) is 7.70. The normalized spacial score (nSPS) is 13.0. The topological polar surface area (TPSA) is 20.2 Å². The van der Waals surface area contributed by atoms with E-state index in [0.717, 1.165) is 0 Å². The minimum absolute atomic E-state index is 0.0330. The zero-order valence-electron chi connectivity index (χ0n) is 5.81. The highest BCUT2D eigenvalue weighted by atomic mass is 16.3. The molecule has 0 aromatic carbocycles. The fourth-order valence-corrected chi connectivity index (χ4v) is 0.504. The lowest BCUT2D eigenvalue weighted by Gasteiger charge is -2.14. The third-order valence-corrected chi connectivity index (χ3v) is 1.03. The van der Waals surface area contributed by atoms with Crippen LogP contribution in [0, 0.1) is 5.41 Å². The van der Waals surface area contributed by atoms with Crippen molar-refractivity contribution < 1.29 is 5.11 Å². The molecule has 0 unspecified atom stereocenters. The van der Waals surface area contributed by atoms with Gasteiger partial charge in [-0.2, -0.15) is 0 Å². The number of aliphatic hydroxyl groups excluding tert-OH is 1. The molecule has 0 amide bonds. The summed E-state index contributed by atoms with van der Waals surface area (Å²) < 4.78 is 0. The molecule has 0 saturated heterocycles. The van der Waals surface area contributed by atoms with Crippen molar-refractivity contribution in [1.29, 1.82) is 0 Å². The highest BCUT2D eigenvalue weighted by molar-refractivity contribution is 4.91. The van der Waals surface area contributed by atoms with Crippen molar-refractivity contribution in [3.8, 4) is 0 Å². The van der Waals surface area contributed by atoms with Gasteiger partial charge < -0.3 is 5.11 Å². The Kier molecular flexibility index (Phi) is 2.77. The van der Waals surface area contributed by atoms with E-state index in [9.17, 15) is 0 Å². The molecule has 0 aromatic rings. The largest absolute Gasteiger partial charge is 0.395 e. The van der Waals surface area contributed by atoms with E-state index in [2.05, 4.69) is 0 Å². The lowest BCUT2D eigenvalue weighted by atomic mass is 9.95. The molecule has 48 valence electrons. The van der Waals surface area contributed by atoms with Crippen molar-refractivity contribution in [3.05, 3.63) is 12.2 Å². The van der Waals surface area contributed by atoms with E-state index in [-0.39, 0.29) is 12.0 Å². The van der Waals surface area contributed by atoms with Crippen molar-refractivity contribution >= 4 is 0 Å². The van der Waals surface area contributed by atoms with Crippen LogP contribution in [0.3, 0.4) is 0 Å². The SMILES string of the molecule is CC=CC(C)(C)CO. The summed E-state index contributed by atoms with van der Waals surface area (Å²) in [4.78, 5) is 0. The Labute approximate surface area is 51.0 Å². The Morgan fingerprint density at radius 3 is 2.12 bits per heavy atom. The predicted octanol–water partition coefficient (Wildman–Crippen LogP) is 1.58. The highest BCUT2D eigenvalue weighted by Gasteiger charge is 2.09. The maximum Gasteiger partial charge on any atom is 0.0516 e. The summed E-state index contributed by atoms with van der Waals surface area (Å²) >= 11 is 0. The predicted molar refractivity (Wildman–Crippen MR) is 35.7 cm³/mol. The third kappa shape index (κ3) is 2.80. The Morgan fingerprint density at radius 1 is 1.50 bits per heavy atom. The molecule has 0 aliphatic rings. The van der Waals surface area contributed by atoms with Crippen LogP contribution in [-0.2, 0) is 0 Å². The van der Waals surface area contributed by atoms with Crippen LogP contribution in [-0.4, -0.2) is 11.7 Å². The van der Waals surface area contributed by atoms with E-state index in [1.54, 1.807) is 0 Å². The summed E-state index contributed by atoms with van der Waals surface area (Å²) in [6.07, 6.45) is 3.95. The van der Waals surface area contributed by atoms with Crippen molar-refractivity contribution in [1.82, 2.24) is 0 Å². The molecule has 1 heteroatoms. The Hall–Kier alpha value is -0.300. The molecule has 0 radical (unpaired) electrons. The smallest absolute Gasteiger partial charge is 0.0516 e. The number of aliphatic hydroxyl groups is 1. The molecule has 0 atom stereocenters. The number of rotatable bonds is 2. The van der Waals surface area contributed by atoms with E-state index >= 15 is 0 Å². The van der Waals surface area contributed by atoms with E-state index in [1.165, 1.54) is 0 Å². The highest BCUT2D eigenvalue weighted by Crippen LogP contribution is 2.14. The van der Waals surface area contributed by atoms with Crippen molar-refractivity contribution in [3.63, 3.8) is 0 Å². The number of hydrogen-bond donors (Lipinski definition) is 1. The fourth-order valence-electron chi connectivity index (χ4n) is 0.504. The van der Waals surface area contributed by atoms with Gasteiger partial charge in [0.05, 0.1) is 6.61 Å². The molecule has 0 rings (SSSR count). The molecule has 0 fully saturated rings. The minimum Gasteiger partial charge on any atom is -0.395 e. The standard InChI is InChI=1S/C7H14O/c1-4-5-7(2,3)6-8/h4-5,8H,6H2,1-3H3. The first-order valence-electron chi connectivity index (χ1n) is 2.87. The second-order valence-corrected chi connectivity index (χ2v) is 2.65. The van der Waals surface area contributed by atoms with Crippen LogP contribution >= 0.6 is 0 Å². The summed E-state index contributed by atoms with van der Waals surface area (Å²) in [6.45, 7) is 6.16. The monoisotopic (exact) mass is 114 g/mol. The maximum absolute atomic E-state index is 8.67. The van der Waals surface area contributed by atoms with Crippen LogP contribution in [0.5, 0.6) is 0 Å². The molecule has 0 aliphatic heterocycles. The molecule has 8 heavy (non-hydrogen) atoms. The summed E-state index contributed by atoms with van der Waals surface area (Å²) in [5, 5.41) is 8.67. The molecule has 0 bridgehead atoms. The van der Waals surface area contributed by atoms with E-state index in [1.807, 2.05) is 32.9 Å².